The third-order valence-corrected chi connectivity index (χ3v) is 23.7. The summed E-state index contributed by atoms with van der Waals surface area (Å²) in [5.41, 5.74) is 0. The average molecular weight is 1850 g/mol. The molecule has 0 aromatic heterocycles. The Morgan fingerprint density at radius 2 is 0.468 bits per heavy atom. The second kappa shape index (κ2) is 44.6. The van der Waals surface area contributed by atoms with Crippen molar-refractivity contribution in [3.63, 3.8) is 0 Å². The molecule has 126 heavy (non-hydrogen) atoms. The lowest BCUT2D eigenvalue weighted by Gasteiger charge is -2.50. The molecule has 1 unspecified atom stereocenters. The van der Waals surface area contributed by atoms with Gasteiger partial charge in [-0.15, -0.1) is 0 Å². The smallest absolute Gasteiger partial charge is 0.217 e. The molecule has 56 nitrogen and oxygen atoms in total. The number of nitrogens with one attached hydrogen (secondary N) is 2. The van der Waals surface area contributed by atoms with Crippen LogP contribution in [-0.2, 0) is 109 Å². The maximum absolute atomic E-state index is 13.1. The lowest BCUT2D eigenvalue weighted by molar-refractivity contribution is -0.401. The van der Waals surface area contributed by atoms with E-state index in [0.717, 1.165) is 13.8 Å². The molecule has 0 spiro atoms. The Morgan fingerprint density at radius 3 is 0.841 bits per heavy atom. The number of aliphatic hydroxyl groups excluding tert-OH is 31. The molecule has 11 saturated heterocycles. The first-order valence-corrected chi connectivity index (χ1v) is 40.4. The monoisotopic (exact) mass is 1850 g/mol. The second-order valence-corrected chi connectivity index (χ2v) is 32.3. The Bertz CT molecular complexity index is 3350. The van der Waals surface area contributed by atoms with Crippen molar-refractivity contribution in [2.75, 3.05) is 59.5 Å². The topological polar surface area (TPSA) is 879 Å². The molecule has 55 atom stereocenters. The predicted octanol–water partition coefficient (Wildman–Crippen LogP) is -22.6. The standard InChI is InChI=1S/C70H118N2O54/c1-14-29(83)38(92)44(98)62(107-14)125-58-40(94)31(85)18(5-73)112-69(58)123-55-34(88)21(8-76)110-66(48(55)102)119-52-24(11-79)115-64(46(100)42(52)96)118-51-23(10-78)114-61(27(37(51)91)71-16(3)81)106-13-26-36(90)57(50(104)68(117-26)121-54-28(72-17(4)82)60(105)109-20(7-75)33(54)87)122-65-47(101)43(97)53(25(12-80)116-65)120-67-49(103)56(35(89)22(9-77)111-67)124-70-59(41(95)32(86)19(6-74)113-70)126-63-45(99)39(93)30(84)15(2)108-63/h14-15,18-70,73-80,83-105H,5-13H2,1-4H3,(H,71,81)(H,72,82)/t14-,15-,18+,19+,20+,21+,22+,23+,24+,25+,26+,27+,28+,29+,30+,31-,32-,33-,34-,35-,36-,37+,38+,39+,40-,41-,42+,43-,44-,45-,46+,47+,48+,49+,50+,51+,52-,53-,54+,55-,56-,57-,58+,59+,60?,61+,62-,63-,64-,65-,66+,67+,68-,69+,70+/m0/s1. The fourth-order valence-corrected chi connectivity index (χ4v) is 16.5. The Balaban J connectivity index is 0.789. The Labute approximate surface area is 712 Å². The summed E-state index contributed by atoms with van der Waals surface area (Å²) in [6.07, 6.45) is -109. The van der Waals surface area contributed by atoms with Crippen LogP contribution >= 0.6 is 0 Å². The lowest BCUT2D eigenvalue weighted by Crippen LogP contribution is -2.69. The molecule has 11 heterocycles. The zero-order valence-corrected chi connectivity index (χ0v) is 67.4. The maximum atomic E-state index is 13.1. The van der Waals surface area contributed by atoms with E-state index >= 15 is 0 Å². The van der Waals surface area contributed by atoms with Gasteiger partial charge in [-0.1, -0.05) is 0 Å². The van der Waals surface area contributed by atoms with Gasteiger partial charge in [0, 0.05) is 13.8 Å². The Morgan fingerprint density at radius 1 is 0.222 bits per heavy atom. The average Bonchev–Trinajstić information content (AvgIpc) is 0.773. The van der Waals surface area contributed by atoms with Crippen LogP contribution in [-0.4, -0.2) is 567 Å². The van der Waals surface area contributed by atoms with Crippen LogP contribution in [0.3, 0.4) is 0 Å². The number of amides is 2. The van der Waals surface area contributed by atoms with E-state index in [-0.39, 0.29) is 0 Å². The highest BCUT2D eigenvalue weighted by Gasteiger charge is 2.62. The van der Waals surface area contributed by atoms with Crippen LogP contribution in [0.4, 0.5) is 0 Å². The highest BCUT2D eigenvalue weighted by Crippen LogP contribution is 2.42. The highest BCUT2D eigenvalue weighted by atomic mass is 16.8. The molecular weight excluding hydrogens is 1730 g/mol. The van der Waals surface area contributed by atoms with Gasteiger partial charge in [-0.05, 0) is 13.8 Å². The van der Waals surface area contributed by atoms with Gasteiger partial charge in [0.15, 0.2) is 69.2 Å². The molecule has 0 saturated carbocycles. The first-order valence-electron chi connectivity index (χ1n) is 40.4. The van der Waals surface area contributed by atoms with Gasteiger partial charge in [0.1, 0.15) is 256 Å². The number of ether oxygens (including phenoxy) is 21. The van der Waals surface area contributed by atoms with Crippen molar-refractivity contribution < 1.29 is 267 Å². The molecular formula is C70H118N2O54. The fourth-order valence-electron chi connectivity index (χ4n) is 16.5. The first-order chi connectivity index (χ1) is 59.6. The molecule has 11 fully saturated rings. The number of rotatable bonds is 31. The van der Waals surface area contributed by atoms with Crippen molar-refractivity contribution >= 4 is 11.8 Å². The van der Waals surface area contributed by atoms with Crippen LogP contribution in [0.1, 0.15) is 27.7 Å². The highest BCUT2D eigenvalue weighted by molar-refractivity contribution is 5.73. The molecule has 11 aliphatic rings. The van der Waals surface area contributed by atoms with Crippen LogP contribution in [0.25, 0.3) is 0 Å². The van der Waals surface area contributed by atoms with Gasteiger partial charge in [0.25, 0.3) is 0 Å². The van der Waals surface area contributed by atoms with Gasteiger partial charge in [-0.25, -0.2) is 0 Å². The number of hydrogen-bond donors (Lipinski definition) is 33. The fraction of sp³-hybridized carbons (Fsp3) is 0.971. The minimum atomic E-state index is -2.50. The van der Waals surface area contributed by atoms with Crippen molar-refractivity contribution in [2.45, 2.75) is 365 Å². The molecule has 56 heteroatoms. The van der Waals surface area contributed by atoms with Gasteiger partial charge in [0.2, 0.25) is 11.8 Å². The number of aliphatic hydroxyl groups is 31. The largest absolute Gasteiger partial charge is 0.394 e. The van der Waals surface area contributed by atoms with Gasteiger partial charge < -0.3 is 268 Å². The van der Waals surface area contributed by atoms with Crippen LogP contribution in [0.2, 0.25) is 0 Å². The first kappa shape index (κ1) is 103. The lowest BCUT2D eigenvalue weighted by atomic mass is 9.94. The summed E-state index contributed by atoms with van der Waals surface area (Å²) in [5.74, 6) is -1.85. The van der Waals surface area contributed by atoms with Crippen LogP contribution in [0.15, 0.2) is 0 Å². The third-order valence-electron chi connectivity index (χ3n) is 23.7. The van der Waals surface area contributed by atoms with E-state index in [4.69, 9.17) is 99.5 Å². The quantitative estimate of drug-likeness (QED) is 0.0306. The summed E-state index contributed by atoms with van der Waals surface area (Å²) in [6, 6.07) is -3.72. The Kier molecular flexibility index (Phi) is 36.6. The van der Waals surface area contributed by atoms with E-state index in [0.29, 0.717) is 0 Å². The minimum Gasteiger partial charge on any atom is -0.394 e. The van der Waals surface area contributed by atoms with E-state index < -0.39 is 409 Å². The predicted molar refractivity (Wildman–Crippen MR) is 383 cm³/mol. The molecule has 33 N–H and O–H groups in total. The summed E-state index contributed by atoms with van der Waals surface area (Å²) < 4.78 is 122. The number of carbonyl (C=O) groups is 2. The molecule has 0 radical (unpaired) electrons. The third kappa shape index (κ3) is 21.9. The molecule has 2 amide bonds. The van der Waals surface area contributed by atoms with E-state index in [1.165, 1.54) is 13.8 Å². The molecule has 11 rings (SSSR count). The summed E-state index contributed by atoms with van der Waals surface area (Å²) in [4.78, 5) is 25.6. The Hall–Kier alpha value is -3.14. The van der Waals surface area contributed by atoms with Gasteiger partial charge >= 0.3 is 0 Å². The summed E-state index contributed by atoms with van der Waals surface area (Å²) in [7, 11) is 0. The molecule has 0 aromatic carbocycles. The second-order valence-electron chi connectivity index (χ2n) is 32.3. The number of carbonyl (C=O) groups excluding carboxylic acids is 2. The molecule has 11 aliphatic heterocycles. The van der Waals surface area contributed by atoms with Crippen LogP contribution < -0.4 is 10.6 Å². The van der Waals surface area contributed by atoms with Crippen LogP contribution in [0.5, 0.6) is 0 Å². The van der Waals surface area contributed by atoms with E-state index in [9.17, 15) is 168 Å². The molecule has 0 aromatic rings. The molecule has 0 aliphatic carbocycles. The van der Waals surface area contributed by atoms with E-state index in [2.05, 4.69) is 10.6 Å². The van der Waals surface area contributed by atoms with Crippen LogP contribution in [0, 0.1) is 0 Å². The number of hydrogen-bond acceptors (Lipinski definition) is 54. The zero-order valence-electron chi connectivity index (χ0n) is 67.4. The van der Waals surface area contributed by atoms with Crippen molar-refractivity contribution in [1.82, 2.24) is 10.6 Å². The van der Waals surface area contributed by atoms with Gasteiger partial charge in [-0.2, -0.15) is 0 Å². The van der Waals surface area contributed by atoms with Gasteiger partial charge in [0.05, 0.1) is 71.7 Å². The molecule has 0 bridgehead atoms. The zero-order chi connectivity index (χ0) is 92.5. The van der Waals surface area contributed by atoms with E-state index in [1.54, 1.807) is 0 Å². The maximum Gasteiger partial charge on any atom is 0.217 e. The van der Waals surface area contributed by atoms with Crippen molar-refractivity contribution in [2.24, 2.45) is 0 Å². The summed E-state index contributed by atoms with van der Waals surface area (Å²) >= 11 is 0. The van der Waals surface area contributed by atoms with Crippen molar-refractivity contribution in [1.29, 1.82) is 0 Å². The van der Waals surface area contributed by atoms with Crippen molar-refractivity contribution in [3.05, 3.63) is 0 Å². The van der Waals surface area contributed by atoms with E-state index in [1.807, 2.05) is 0 Å². The minimum absolute atomic E-state index is 0.884. The SMILES string of the molecule is CC(=O)N[C@H]1[C@H](OC[C@H]2O[C@@H](O[C@H]3[C@@H](O)[C@@H](CO)OC(O)[C@@H]3NC(C)=O)[C@H](O)[C@@H](O[C@@H]3O[C@H](CO)[C@H](O[C@H]4O[C@H](CO)[C@H](O)[C@H](O[C@H]5O[C@H](CO)[C@H](O)[C@H](O)[C@H]5O[C@@H]5O[C@@H](C)[C@@H](O)[C@@H](O)[C@@H]5O)[C@H]4O)[C@@H](O)[C@H]3O)[C@H]2O)O[C@H](CO)[C@@H](O[C@@H]2O[C@H](CO)[C@H](O[C@H]3O[C@H](CO)[C@H](O)[C@H](O[C@H]4O[C@H](CO)[C@H](O)[C@H](O)[C@H]4O[C@@H]4O[C@@H](C)[C@@H](O)[C@@H](O)[C@@H]4O)[C@H]3O)[C@H](O)[C@H]2O)[C@@H]1O. The summed E-state index contributed by atoms with van der Waals surface area (Å²) in [6.45, 7) is -5.58. The molecule has 732 valence electrons. The van der Waals surface area contributed by atoms with Gasteiger partial charge in [-0.3, -0.25) is 9.59 Å². The van der Waals surface area contributed by atoms with Crippen molar-refractivity contribution in [3.8, 4) is 0 Å². The normalized spacial score (nSPS) is 52.3. The summed E-state index contributed by atoms with van der Waals surface area (Å²) in [5, 5.41) is 349.